The zero-order valence-electron chi connectivity index (χ0n) is 11.1. The second-order valence-corrected chi connectivity index (χ2v) is 5.89. The smallest absolute Gasteiger partial charge is 0.119 e. The molecular weight excluding hydrogens is 340 g/mol. The minimum atomic E-state index is 0.0112. The van der Waals surface area contributed by atoms with Crippen molar-refractivity contribution in [1.29, 1.82) is 0 Å². The third kappa shape index (κ3) is 3.75. The van der Waals surface area contributed by atoms with E-state index in [0.717, 1.165) is 21.3 Å². The largest absolute Gasteiger partial charge is 0.497 e. The fraction of sp³-hybridized carbons (Fsp3) is 0.250. The molecule has 20 heavy (non-hydrogen) atoms. The van der Waals surface area contributed by atoms with Crippen LogP contribution >= 0.6 is 27.5 Å². The second-order valence-electron chi connectivity index (χ2n) is 4.60. The maximum Gasteiger partial charge on any atom is 0.119 e. The maximum absolute atomic E-state index is 9.66. The normalized spacial score (nSPS) is 12.2. The van der Waals surface area contributed by atoms with E-state index in [0.29, 0.717) is 11.4 Å². The SMILES string of the molecule is COc1ccc(Br)c(CC(CO)c2cccc(Cl)c2)c1. The second kappa shape index (κ2) is 7.11. The number of ether oxygens (including phenoxy) is 1. The third-order valence-corrected chi connectivity index (χ3v) is 4.27. The van der Waals surface area contributed by atoms with Crippen LogP contribution in [0.4, 0.5) is 0 Å². The first kappa shape index (κ1) is 15.4. The average Bonchev–Trinajstić information content (AvgIpc) is 2.46. The summed E-state index contributed by atoms with van der Waals surface area (Å²) in [7, 11) is 1.65. The van der Waals surface area contributed by atoms with Gasteiger partial charge in [-0.25, -0.2) is 0 Å². The minimum Gasteiger partial charge on any atom is -0.497 e. The highest BCUT2D eigenvalue weighted by Crippen LogP contribution is 2.29. The van der Waals surface area contributed by atoms with Crippen LogP contribution in [-0.2, 0) is 6.42 Å². The molecule has 2 nitrogen and oxygen atoms in total. The van der Waals surface area contributed by atoms with Crippen LogP contribution in [0.2, 0.25) is 5.02 Å². The lowest BCUT2D eigenvalue weighted by atomic mass is 9.92. The minimum absolute atomic E-state index is 0.0112. The molecule has 0 aromatic heterocycles. The Labute approximate surface area is 132 Å². The Bertz CT molecular complexity index is 586. The zero-order chi connectivity index (χ0) is 14.5. The summed E-state index contributed by atoms with van der Waals surface area (Å²) in [6.07, 6.45) is 0.717. The van der Waals surface area contributed by atoms with Gasteiger partial charge in [-0.15, -0.1) is 0 Å². The van der Waals surface area contributed by atoms with Crippen molar-refractivity contribution in [3.63, 3.8) is 0 Å². The van der Waals surface area contributed by atoms with Gasteiger partial charge in [-0.05, 0) is 47.9 Å². The van der Waals surface area contributed by atoms with Crippen molar-refractivity contribution >= 4 is 27.5 Å². The summed E-state index contributed by atoms with van der Waals surface area (Å²) in [6, 6.07) is 13.5. The molecule has 4 heteroatoms. The molecule has 2 aromatic rings. The van der Waals surface area contributed by atoms with Crippen LogP contribution in [0, 0.1) is 0 Å². The van der Waals surface area contributed by atoms with Gasteiger partial charge in [0.1, 0.15) is 5.75 Å². The van der Waals surface area contributed by atoms with Gasteiger partial charge in [-0.3, -0.25) is 0 Å². The fourth-order valence-electron chi connectivity index (χ4n) is 2.15. The first-order chi connectivity index (χ1) is 9.63. The van der Waals surface area contributed by atoms with Gasteiger partial charge >= 0.3 is 0 Å². The Morgan fingerprint density at radius 1 is 1.25 bits per heavy atom. The van der Waals surface area contributed by atoms with Crippen molar-refractivity contribution in [2.75, 3.05) is 13.7 Å². The number of rotatable bonds is 5. The summed E-state index contributed by atoms with van der Waals surface area (Å²) in [5, 5.41) is 10.3. The highest BCUT2D eigenvalue weighted by Gasteiger charge is 2.14. The number of methoxy groups -OCH3 is 1. The van der Waals surface area contributed by atoms with Crippen LogP contribution < -0.4 is 4.74 Å². The molecule has 1 atom stereocenters. The van der Waals surface area contributed by atoms with Crippen molar-refractivity contribution < 1.29 is 9.84 Å². The Morgan fingerprint density at radius 3 is 2.70 bits per heavy atom. The highest BCUT2D eigenvalue weighted by molar-refractivity contribution is 9.10. The molecule has 106 valence electrons. The van der Waals surface area contributed by atoms with Crippen LogP contribution in [-0.4, -0.2) is 18.8 Å². The lowest BCUT2D eigenvalue weighted by Crippen LogP contribution is -2.08. The molecule has 0 fully saturated rings. The molecule has 0 spiro atoms. The first-order valence-electron chi connectivity index (χ1n) is 6.32. The van der Waals surface area contributed by atoms with E-state index in [9.17, 15) is 5.11 Å². The summed E-state index contributed by atoms with van der Waals surface area (Å²) >= 11 is 9.56. The van der Waals surface area contributed by atoms with E-state index in [1.54, 1.807) is 7.11 Å². The number of halogens is 2. The van der Waals surface area contributed by atoms with Crippen LogP contribution in [0.25, 0.3) is 0 Å². The van der Waals surface area contributed by atoms with Gasteiger partial charge < -0.3 is 9.84 Å². The molecular formula is C16H16BrClO2. The van der Waals surface area contributed by atoms with E-state index in [1.807, 2.05) is 42.5 Å². The van der Waals surface area contributed by atoms with Gasteiger partial charge in [0.2, 0.25) is 0 Å². The van der Waals surface area contributed by atoms with Crippen molar-refractivity contribution in [2.24, 2.45) is 0 Å². The molecule has 2 rings (SSSR count). The Hall–Kier alpha value is -1.03. The molecule has 0 bridgehead atoms. The average molecular weight is 356 g/mol. The van der Waals surface area contributed by atoms with E-state index in [2.05, 4.69) is 15.9 Å². The van der Waals surface area contributed by atoms with Gasteiger partial charge in [0, 0.05) is 15.4 Å². The molecule has 0 saturated carbocycles. The van der Waals surface area contributed by atoms with Crippen LogP contribution in [0.3, 0.4) is 0 Å². The Balaban J connectivity index is 2.26. The van der Waals surface area contributed by atoms with Crippen molar-refractivity contribution in [1.82, 2.24) is 0 Å². The van der Waals surface area contributed by atoms with Crippen LogP contribution in [0.5, 0.6) is 5.75 Å². The molecule has 2 aromatic carbocycles. The number of aliphatic hydroxyl groups excluding tert-OH is 1. The van der Waals surface area contributed by atoms with E-state index in [4.69, 9.17) is 16.3 Å². The summed E-state index contributed by atoms with van der Waals surface area (Å²) in [5.41, 5.74) is 2.14. The molecule has 1 unspecified atom stereocenters. The summed E-state index contributed by atoms with van der Waals surface area (Å²) in [5.74, 6) is 0.822. The third-order valence-electron chi connectivity index (χ3n) is 3.26. The standard InChI is InChI=1S/C16H16BrClO2/c1-20-15-5-6-16(17)12(9-15)7-13(10-19)11-3-2-4-14(18)8-11/h2-6,8-9,13,19H,7,10H2,1H3. The number of benzene rings is 2. The van der Waals surface area contributed by atoms with Gasteiger partial charge in [-0.1, -0.05) is 39.7 Å². The maximum atomic E-state index is 9.66. The molecule has 0 heterocycles. The van der Waals surface area contributed by atoms with Gasteiger partial charge in [0.15, 0.2) is 0 Å². The molecule has 0 aliphatic heterocycles. The number of hydrogen-bond donors (Lipinski definition) is 1. The van der Waals surface area contributed by atoms with Crippen LogP contribution in [0.15, 0.2) is 46.9 Å². The molecule has 0 amide bonds. The Morgan fingerprint density at radius 2 is 2.05 bits per heavy atom. The van der Waals surface area contributed by atoms with Gasteiger partial charge in [0.05, 0.1) is 13.7 Å². The van der Waals surface area contributed by atoms with Crippen molar-refractivity contribution in [3.8, 4) is 5.75 Å². The predicted molar refractivity (Wildman–Crippen MR) is 85.7 cm³/mol. The van der Waals surface area contributed by atoms with E-state index in [-0.39, 0.29) is 12.5 Å². The van der Waals surface area contributed by atoms with E-state index >= 15 is 0 Å². The lowest BCUT2D eigenvalue weighted by Gasteiger charge is -2.16. The number of aliphatic hydroxyl groups is 1. The Kier molecular flexibility index (Phi) is 5.46. The highest BCUT2D eigenvalue weighted by atomic mass is 79.9. The van der Waals surface area contributed by atoms with Gasteiger partial charge in [0.25, 0.3) is 0 Å². The predicted octanol–water partition coefficient (Wildman–Crippen LogP) is 4.43. The first-order valence-corrected chi connectivity index (χ1v) is 7.50. The van der Waals surface area contributed by atoms with Gasteiger partial charge in [-0.2, -0.15) is 0 Å². The zero-order valence-corrected chi connectivity index (χ0v) is 13.5. The topological polar surface area (TPSA) is 29.5 Å². The summed E-state index contributed by atoms with van der Waals surface area (Å²) in [4.78, 5) is 0. The molecule has 0 aliphatic rings. The lowest BCUT2D eigenvalue weighted by molar-refractivity contribution is 0.264. The molecule has 1 N–H and O–H groups in total. The van der Waals surface area contributed by atoms with Crippen LogP contribution in [0.1, 0.15) is 17.0 Å². The van der Waals surface area contributed by atoms with Crippen molar-refractivity contribution in [2.45, 2.75) is 12.3 Å². The summed E-state index contributed by atoms with van der Waals surface area (Å²) in [6.45, 7) is 0.0734. The fourth-order valence-corrected chi connectivity index (χ4v) is 2.76. The molecule has 0 aliphatic carbocycles. The summed E-state index contributed by atoms with van der Waals surface area (Å²) < 4.78 is 6.26. The number of hydrogen-bond acceptors (Lipinski definition) is 2. The molecule has 0 saturated heterocycles. The van der Waals surface area contributed by atoms with E-state index < -0.39 is 0 Å². The van der Waals surface area contributed by atoms with Crippen molar-refractivity contribution in [3.05, 3.63) is 63.1 Å². The molecule has 0 radical (unpaired) electrons. The van der Waals surface area contributed by atoms with E-state index in [1.165, 1.54) is 0 Å². The quantitative estimate of drug-likeness (QED) is 0.860. The monoisotopic (exact) mass is 354 g/mol.